The predicted molar refractivity (Wildman–Crippen MR) is 98.7 cm³/mol. The highest BCUT2D eigenvalue weighted by molar-refractivity contribution is 7.15. The van der Waals surface area contributed by atoms with Gasteiger partial charge in [-0.3, -0.25) is 4.98 Å². The van der Waals surface area contributed by atoms with E-state index >= 15 is 0 Å². The number of hydrogen-bond acceptors (Lipinski definition) is 5. The number of pyridine rings is 1. The molecule has 3 aromatic rings. The van der Waals surface area contributed by atoms with Gasteiger partial charge in [0.15, 0.2) is 0 Å². The average Bonchev–Trinajstić information content (AvgIpc) is 3.03. The van der Waals surface area contributed by atoms with Crippen LogP contribution in [0.4, 0.5) is 5.69 Å². The minimum Gasteiger partial charge on any atom is -0.486 e. The normalized spacial score (nSPS) is 16.2. The van der Waals surface area contributed by atoms with Crippen molar-refractivity contribution in [2.45, 2.75) is 26.4 Å². The Balaban J connectivity index is 1.69. The maximum absolute atomic E-state index is 5.99. The lowest BCUT2D eigenvalue weighted by Crippen LogP contribution is -2.29. The molecule has 2 aromatic heterocycles. The molecule has 1 aliphatic rings. The average molecular weight is 337 g/mol. The Labute approximate surface area is 145 Å². The van der Waals surface area contributed by atoms with Crippen LogP contribution in [0.5, 0.6) is 5.75 Å². The Bertz CT molecular complexity index is 860. The van der Waals surface area contributed by atoms with Crippen LogP contribution in [0.3, 0.4) is 0 Å². The molecule has 1 N–H and O–H groups in total. The molecule has 0 fully saturated rings. The van der Waals surface area contributed by atoms with Gasteiger partial charge in [-0.25, -0.2) is 4.98 Å². The SMILES string of the molecule is CCC1CNc2cc(-c3nc(-c4ccccn4)sc3C)ccc2O1. The Kier molecular flexibility index (Phi) is 3.94. The third-order valence-corrected chi connectivity index (χ3v) is 5.20. The molecule has 1 atom stereocenters. The second kappa shape index (κ2) is 6.24. The molecule has 122 valence electrons. The summed E-state index contributed by atoms with van der Waals surface area (Å²) >= 11 is 1.68. The molecule has 1 aliphatic heterocycles. The van der Waals surface area contributed by atoms with Crippen molar-refractivity contribution in [2.24, 2.45) is 0 Å². The molecule has 0 saturated heterocycles. The third kappa shape index (κ3) is 2.76. The van der Waals surface area contributed by atoms with Gasteiger partial charge in [-0.05, 0) is 43.7 Å². The fourth-order valence-electron chi connectivity index (χ4n) is 2.85. The number of anilines is 1. The number of rotatable bonds is 3. The van der Waals surface area contributed by atoms with E-state index in [9.17, 15) is 0 Å². The first-order valence-corrected chi connectivity index (χ1v) is 9.00. The van der Waals surface area contributed by atoms with Gasteiger partial charge >= 0.3 is 0 Å². The molecule has 0 bridgehead atoms. The lowest BCUT2D eigenvalue weighted by molar-refractivity contribution is 0.202. The Hall–Kier alpha value is -2.40. The van der Waals surface area contributed by atoms with E-state index in [1.54, 1.807) is 17.5 Å². The van der Waals surface area contributed by atoms with E-state index in [0.29, 0.717) is 0 Å². The summed E-state index contributed by atoms with van der Waals surface area (Å²) in [6.45, 7) is 5.10. The van der Waals surface area contributed by atoms with Crippen LogP contribution in [0, 0.1) is 6.92 Å². The van der Waals surface area contributed by atoms with Crippen molar-refractivity contribution in [1.29, 1.82) is 0 Å². The molecule has 1 unspecified atom stereocenters. The third-order valence-electron chi connectivity index (χ3n) is 4.20. The Morgan fingerprint density at radius 1 is 1.29 bits per heavy atom. The molecule has 0 aliphatic carbocycles. The maximum atomic E-state index is 5.99. The number of thiazole rings is 1. The lowest BCUT2D eigenvalue weighted by Gasteiger charge is -2.26. The standard InChI is InChI=1S/C19H19N3OS/c1-3-14-11-21-16-10-13(7-8-17(16)23-14)18-12(2)24-19(22-18)15-6-4-5-9-20-15/h4-10,14,21H,3,11H2,1-2H3. The quantitative estimate of drug-likeness (QED) is 0.748. The van der Waals surface area contributed by atoms with Gasteiger partial charge in [0.25, 0.3) is 0 Å². The van der Waals surface area contributed by atoms with Crippen molar-refractivity contribution in [3.63, 3.8) is 0 Å². The van der Waals surface area contributed by atoms with Crippen molar-refractivity contribution < 1.29 is 4.74 Å². The van der Waals surface area contributed by atoms with E-state index in [4.69, 9.17) is 9.72 Å². The topological polar surface area (TPSA) is 47.0 Å². The van der Waals surface area contributed by atoms with Crippen LogP contribution in [0.25, 0.3) is 22.0 Å². The number of ether oxygens (including phenoxy) is 1. The van der Waals surface area contributed by atoms with Crippen molar-refractivity contribution in [1.82, 2.24) is 9.97 Å². The number of nitrogens with one attached hydrogen (secondary N) is 1. The van der Waals surface area contributed by atoms with Crippen LogP contribution in [-0.2, 0) is 0 Å². The van der Waals surface area contributed by atoms with Crippen molar-refractivity contribution in [3.8, 4) is 27.7 Å². The minimum atomic E-state index is 0.250. The van der Waals surface area contributed by atoms with Gasteiger partial charge in [0.05, 0.1) is 23.6 Å². The highest BCUT2D eigenvalue weighted by Crippen LogP contribution is 2.37. The number of aromatic nitrogens is 2. The lowest BCUT2D eigenvalue weighted by atomic mass is 10.1. The van der Waals surface area contributed by atoms with Crippen molar-refractivity contribution in [3.05, 3.63) is 47.5 Å². The molecule has 5 heteroatoms. The number of benzene rings is 1. The maximum Gasteiger partial charge on any atom is 0.142 e. The van der Waals surface area contributed by atoms with Crippen molar-refractivity contribution in [2.75, 3.05) is 11.9 Å². The highest BCUT2D eigenvalue weighted by atomic mass is 32.1. The van der Waals surface area contributed by atoms with Gasteiger partial charge < -0.3 is 10.1 Å². The van der Waals surface area contributed by atoms with Crippen LogP contribution in [0.2, 0.25) is 0 Å². The minimum absolute atomic E-state index is 0.250. The van der Waals surface area contributed by atoms with Crippen LogP contribution in [0.15, 0.2) is 42.6 Å². The number of hydrogen-bond donors (Lipinski definition) is 1. The van der Waals surface area contributed by atoms with E-state index in [2.05, 4.69) is 36.3 Å². The zero-order valence-corrected chi connectivity index (χ0v) is 14.6. The summed E-state index contributed by atoms with van der Waals surface area (Å²) in [6.07, 6.45) is 3.06. The first kappa shape index (κ1) is 15.1. The second-order valence-corrected chi connectivity index (χ2v) is 7.08. The Morgan fingerprint density at radius 2 is 2.21 bits per heavy atom. The summed E-state index contributed by atoms with van der Waals surface area (Å²) in [7, 11) is 0. The molecule has 24 heavy (non-hydrogen) atoms. The van der Waals surface area contributed by atoms with Gasteiger partial charge in [0, 0.05) is 16.6 Å². The molecule has 1 aromatic carbocycles. The fraction of sp³-hybridized carbons (Fsp3) is 0.263. The summed E-state index contributed by atoms with van der Waals surface area (Å²) in [6, 6.07) is 12.2. The van der Waals surface area contributed by atoms with Crippen LogP contribution in [0.1, 0.15) is 18.2 Å². The first-order chi connectivity index (χ1) is 11.7. The van der Waals surface area contributed by atoms with Gasteiger partial charge in [-0.2, -0.15) is 0 Å². The van der Waals surface area contributed by atoms with Crippen LogP contribution >= 0.6 is 11.3 Å². The van der Waals surface area contributed by atoms with E-state index < -0.39 is 0 Å². The molecule has 4 nitrogen and oxygen atoms in total. The zero-order chi connectivity index (χ0) is 16.5. The largest absolute Gasteiger partial charge is 0.486 e. The smallest absolute Gasteiger partial charge is 0.142 e. The fourth-order valence-corrected chi connectivity index (χ4v) is 3.77. The van der Waals surface area contributed by atoms with E-state index in [1.807, 2.05) is 24.3 Å². The first-order valence-electron chi connectivity index (χ1n) is 8.18. The predicted octanol–water partition coefficient (Wildman–Crippen LogP) is 4.76. The molecule has 4 rings (SSSR count). The summed E-state index contributed by atoms with van der Waals surface area (Å²) < 4.78 is 5.99. The van der Waals surface area contributed by atoms with E-state index in [-0.39, 0.29) is 6.10 Å². The summed E-state index contributed by atoms with van der Waals surface area (Å²) in [5.74, 6) is 0.926. The highest BCUT2D eigenvalue weighted by Gasteiger charge is 2.19. The van der Waals surface area contributed by atoms with E-state index in [0.717, 1.165) is 46.4 Å². The molecule has 0 amide bonds. The monoisotopic (exact) mass is 337 g/mol. The molecule has 0 radical (unpaired) electrons. The summed E-state index contributed by atoms with van der Waals surface area (Å²) in [4.78, 5) is 10.4. The number of nitrogens with zero attached hydrogens (tertiary/aromatic N) is 2. The van der Waals surface area contributed by atoms with Crippen LogP contribution in [-0.4, -0.2) is 22.6 Å². The van der Waals surface area contributed by atoms with Crippen LogP contribution < -0.4 is 10.1 Å². The van der Waals surface area contributed by atoms with Gasteiger partial charge in [-0.1, -0.05) is 13.0 Å². The molecule has 0 saturated carbocycles. The second-order valence-electron chi connectivity index (χ2n) is 5.88. The Morgan fingerprint density at radius 3 is 3.00 bits per heavy atom. The van der Waals surface area contributed by atoms with Gasteiger partial charge in [0.1, 0.15) is 16.9 Å². The molecular formula is C19H19N3OS. The molecule has 0 spiro atoms. The van der Waals surface area contributed by atoms with E-state index in [1.165, 1.54) is 4.88 Å². The summed E-state index contributed by atoms with van der Waals surface area (Å²) in [5.41, 5.74) is 4.09. The zero-order valence-electron chi connectivity index (χ0n) is 13.7. The number of aryl methyl sites for hydroxylation is 1. The van der Waals surface area contributed by atoms with Gasteiger partial charge in [0.2, 0.25) is 0 Å². The molecular weight excluding hydrogens is 318 g/mol. The van der Waals surface area contributed by atoms with Crippen molar-refractivity contribution >= 4 is 17.0 Å². The summed E-state index contributed by atoms with van der Waals surface area (Å²) in [5, 5.41) is 4.42. The number of fused-ring (bicyclic) bond motifs is 1. The van der Waals surface area contributed by atoms with Gasteiger partial charge in [-0.15, -0.1) is 11.3 Å². The molecule has 3 heterocycles.